The van der Waals surface area contributed by atoms with Crippen LogP contribution in [0.4, 0.5) is 5.69 Å². The Labute approximate surface area is 188 Å². The summed E-state index contributed by atoms with van der Waals surface area (Å²) >= 11 is 0. The van der Waals surface area contributed by atoms with Gasteiger partial charge in [0, 0.05) is 29.9 Å². The summed E-state index contributed by atoms with van der Waals surface area (Å²) in [5.74, 6) is 0.543. The van der Waals surface area contributed by atoms with Gasteiger partial charge < -0.3 is 20.7 Å². The van der Waals surface area contributed by atoms with Gasteiger partial charge in [-0.3, -0.25) is 15.0 Å². The van der Waals surface area contributed by atoms with Crippen molar-refractivity contribution in [1.82, 2.24) is 4.90 Å². The van der Waals surface area contributed by atoms with Gasteiger partial charge in [0.25, 0.3) is 0 Å². The van der Waals surface area contributed by atoms with Crippen molar-refractivity contribution in [3.05, 3.63) is 58.7 Å². The molecule has 2 aliphatic rings. The molecule has 0 spiro atoms. The van der Waals surface area contributed by atoms with Gasteiger partial charge in [0.15, 0.2) is 0 Å². The second-order valence-electron chi connectivity index (χ2n) is 8.78. The standard InChI is InChI=1S/C25H30N4O3/c1-16-5-7-19(25(9-10-25)24(31)29-11-3-4-12-29)15-20(16)28-22(30)14-18-13-17(23(26)27)6-8-21(18)32-2/h5-8,13,15H,3-4,9-12,14H2,1-2H3,(H3,26,27)(H,28,30). The number of carbonyl (C=O) groups is 2. The van der Waals surface area contributed by atoms with Gasteiger partial charge in [0.1, 0.15) is 11.6 Å². The third kappa shape index (κ3) is 4.20. The minimum atomic E-state index is -0.434. The number of hydrogen-bond acceptors (Lipinski definition) is 4. The van der Waals surface area contributed by atoms with Crippen molar-refractivity contribution in [2.75, 3.05) is 25.5 Å². The van der Waals surface area contributed by atoms with Crippen LogP contribution in [0.1, 0.15) is 47.9 Å². The minimum absolute atomic E-state index is 0.0599. The number of likely N-dealkylation sites (tertiary alicyclic amines) is 1. The largest absolute Gasteiger partial charge is 0.496 e. The fourth-order valence-corrected chi connectivity index (χ4v) is 4.48. The lowest BCUT2D eigenvalue weighted by molar-refractivity contribution is -0.132. The van der Waals surface area contributed by atoms with Crippen LogP contribution < -0.4 is 15.8 Å². The van der Waals surface area contributed by atoms with E-state index in [2.05, 4.69) is 5.32 Å². The zero-order valence-electron chi connectivity index (χ0n) is 18.7. The van der Waals surface area contributed by atoms with E-state index in [1.54, 1.807) is 25.3 Å². The van der Waals surface area contributed by atoms with Crippen LogP contribution in [0.25, 0.3) is 0 Å². The first kappa shape index (κ1) is 21.9. The number of nitrogen functional groups attached to an aromatic ring is 1. The summed E-state index contributed by atoms with van der Waals surface area (Å²) in [7, 11) is 1.55. The molecule has 1 saturated heterocycles. The van der Waals surface area contributed by atoms with Crippen LogP contribution in [0, 0.1) is 12.3 Å². The SMILES string of the molecule is COc1ccc(C(=N)N)cc1CC(=O)Nc1cc(C2(C(=O)N3CCCC3)CC2)ccc1C. The highest BCUT2D eigenvalue weighted by Gasteiger charge is 2.53. The Balaban J connectivity index is 1.53. The van der Waals surface area contributed by atoms with Gasteiger partial charge in [-0.1, -0.05) is 12.1 Å². The number of ether oxygens (including phenoxy) is 1. The highest BCUT2D eigenvalue weighted by molar-refractivity contribution is 5.97. The molecular formula is C25H30N4O3. The lowest BCUT2D eigenvalue weighted by atomic mass is 9.92. The second-order valence-corrected chi connectivity index (χ2v) is 8.78. The summed E-state index contributed by atoms with van der Waals surface area (Å²) in [6.07, 6.45) is 3.95. The van der Waals surface area contributed by atoms with Crippen LogP contribution in [0.15, 0.2) is 36.4 Å². The van der Waals surface area contributed by atoms with Crippen LogP contribution in [0.2, 0.25) is 0 Å². The maximum atomic E-state index is 13.1. The maximum absolute atomic E-state index is 13.1. The van der Waals surface area contributed by atoms with E-state index in [0.29, 0.717) is 16.9 Å². The molecule has 0 aromatic heterocycles. The molecular weight excluding hydrogens is 404 g/mol. The van der Waals surface area contributed by atoms with Gasteiger partial charge in [-0.2, -0.15) is 0 Å². The van der Waals surface area contributed by atoms with Crippen LogP contribution in [-0.4, -0.2) is 42.7 Å². The average molecular weight is 435 g/mol. The van der Waals surface area contributed by atoms with E-state index in [9.17, 15) is 9.59 Å². The molecule has 7 nitrogen and oxygen atoms in total. The van der Waals surface area contributed by atoms with Crippen LogP contribution in [0.3, 0.4) is 0 Å². The number of aryl methyl sites for hydroxylation is 1. The fourth-order valence-electron chi connectivity index (χ4n) is 4.48. The molecule has 0 unspecified atom stereocenters. The summed E-state index contributed by atoms with van der Waals surface area (Å²) in [6.45, 7) is 3.63. The monoisotopic (exact) mass is 434 g/mol. The normalized spacial score (nSPS) is 16.5. The van der Waals surface area contributed by atoms with Crippen LogP contribution in [0.5, 0.6) is 5.75 Å². The smallest absolute Gasteiger partial charge is 0.233 e. The van der Waals surface area contributed by atoms with E-state index < -0.39 is 5.41 Å². The zero-order chi connectivity index (χ0) is 22.9. The van der Waals surface area contributed by atoms with Crippen molar-refractivity contribution in [3.63, 3.8) is 0 Å². The number of carbonyl (C=O) groups excluding carboxylic acids is 2. The molecule has 4 rings (SSSR count). The summed E-state index contributed by atoms with van der Waals surface area (Å²) in [5.41, 5.74) is 9.00. The first-order chi connectivity index (χ1) is 15.3. The van der Waals surface area contributed by atoms with Gasteiger partial charge >= 0.3 is 0 Å². The molecule has 0 bridgehead atoms. The number of amides is 2. The Morgan fingerprint density at radius 1 is 1.16 bits per heavy atom. The van der Waals surface area contributed by atoms with Crippen LogP contribution in [-0.2, 0) is 21.4 Å². The molecule has 1 aliphatic heterocycles. The Hall–Kier alpha value is -3.35. The molecule has 1 saturated carbocycles. The van der Waals surface area contributed by atoms with Crippen LogP contribution >= 0.6 is 0 Å². The fraction of sp³-hybridized carbons (Fsp3) is 0.400. The quantitative estimate of drug-likeness (QED) is 0.459. The van der Waals surface area contributed by atoms with Crippen molar-refractivity contribution >= 4 is 23.3 Å². The van der Waals surface area contributed by atoms with Gasteiger partial charge in [-0.15, -0.1) is 0 Å². The predicted molar refractivity (Wildman–Crippen MR) is 124 cm³/mol. The van der Waals surface area contributed by atoms with Crippen molar-refractivity contribution < 1.29 is 14.3 Å². The van der Waals surface area contributed by atoms with Gasteiger partial charge in [-0.05, 0) is 68.0 Å². The van der Waals surface area contributed by atoms with E-state index in [4.69, 9.17) is 15.9 Å². The second kappa shape index (κ2) is 8.65. The Morgan fingerprint density at radius 3 is 2.50 bits per heavy atom. The van der Waals surface area contributed by atoms with Crippen molar-refractivity contribution in [2.24, 2.45) is 5.73 Å². The average Bonchev–Trinajstić information content (AvgIpc) is 3.40. The van der Waals surface area contributed by atoms with Crippen molar-refractivity contribution in [3.8, 4) is 5.75 Å². The van der Waals surface area contributed by atoms with Gasteiger partial charge in [0.2, 0.25) is 11.8 Å². The molecule has 32 heavy (non-hydrogen) atoms. The third-order valence-electron chi connectivity index (χ3n) is 6.56. The molecule has 2 aromatic rings. The van der Waals surface area contributed by atoms with E-state index in [0.717, 1.165) is 55.6 Å². The van der Waals surface area contributed by atoms with Gasteiger partial charge in [0.05, 0.1) is 18.9 Å². The number of anilines is 1. The Morgan fingerprint density at radius 2 is 1.88 bits per heavy atom. The summed E-state index contributed by atoms with van der Waals surface area (Å²) in [5, 5.41) is 10.6. The zero-order valence-corrected chi connectivity index (χ0v) is 18.7. The molecule has 0 atom stereocenters. The number of nitrogens with one attached hydrogen (secondary N) is 2. The maximum Gasteiger partial charge on any atom is 0.233 e. The highest BCUT2D eigenvalue weighted by Crippen LogP contribution is 2.50. The molecule has 1 heterocycles. The molecule has 4 N–H and O–H groups in total. The van der Waals surface area contributed by atoms with E-state index in [-0.39, 0.29) is 24.1 Å². The number of benzene rings is 2. The number of rotatable bonds is 7. The summed E-state index contributed by atoms with van der Waals surface area (Å²) in [6, 6.07) is 11.1. The number of hydrogen-bond donors (Lipinski definition) is 3. The molecule has 2 fully saturated rings. The molecule has 1 aliphatic carbocycles. The number of nitrogens with zero attached hydrogens (tertiary/aromatic N) is 1. The molecule has 0 radical (unpaired) electrons. The molecule has 2 aromatic carbocycles. The van der Waals surface area contributed by atoms with Crippen molar-refractivity contribution in [1.29, 1.82) is 5.41 Å². The number of nitrogens with two attached hydrogens (primary N) is 1. The number of amidine groups is 1. The topological polar surface area (TPSA) is 109 Å². The summed E-state index contributed by atoms with van der Waals surface area (Å²) < 4.78 is 5.37. The lowest BCUT2D eigenvalue weighted by Gasteiger charge is -2.24. The lowest BCUT2D eigenvalue weighted by Crippen LogP contribution is -2.37. The minimum Gasteiger partial charge on any atom is -0.496 e. The van der Waals surface area contributed by atoms with E-state index in [1.807, 2.05) is 30.0 Å². The summed E-state index contributed by atoms with van der Waals surface area (Å²) in [4.78, 5) is 28.0. The molecule has 2 amide bonds. The third-order valence-corrected chi connectivity index (χ3v) is 6.56. The predicted octanol–water partition coefficient (Wildman–Crippen LogP) is 3.12. The first-order valence-electron chi connectivity index (χ1n) is 11.1. The van der Waals surface area contributed by atoms with E-state index in [1.165, 1.54) is 0 Å². The molecule has 168 valence electrons. The highest BCUT2D eigenvalue weighted by atomic mass is 16.5. The van der Waals surface area contributed by atoms with E-state index >= 15 is 0 Å². The van der Waals surface area contributed by atoms with Crippen molar-refractivity contribution in [2.45, 2.75) is 44.4 Å². The van der Waals surface area contributed by atoms with Gasteiger partial charge in [-0.25, -0.2) is 0 Å². The first-order valence-corrected chi connectivity index (χ1v) is 11.1. The number of methoxy groups -OCH3 is 1. The Bertz CT molecular complexity index is 1070. The Kier molecular flexibility index (Phi) is 5.91. The molecule has 7 heteroatoms.